The van der Waals surface area contributed by atoms with E-state index in [1.807, 2.05) is 24.3 Å². The van der Waals surface area contributed by atoms with E-state index in [1.165, 1.54) is 16.0 Å². The Bertz CT molecular complexity index is 871. The first-order valence-electron chi connectivity index (χ1n) is 8.04. The zero-order valence-electron chi connectivity index (χ0n) is 14.3. The number of aromatic nitrogens is 2. The Morgan fingerprint density at radius 3 is 2.44 bits per heavy atom. The average Bonchev–Trinajstić information content (AvgIpc) is 3.35. The van der Waals surface area contributed by atoms with Crippen molar-refractivity contribution in [3.05, 3.63) is 35.3 Å². The number of nitrogen functional groups attached to an aromatic ring is 1. The third-order valence-electron chi connectivity index (χ3n) is 3.81. The predicted molar refractivity (Wildman–Crippen MR) is 111 cm³/mol. The molecule has 4 rings (SSSR count). The van der Waals surface area contributed by atoms with Crippen molar-refractivity contribution in [2.24, 2.45) is 0 Å². The van der Waals surface area contributed by atoms with E-state index in [1.54, 1.807) is 16.7 Å². The average molecular weight is 424 g/mol. The highest BCUT2D eigenvalue weighted by Gasteiger charge is 2.37. The number of aliphatic carboxylic acids is 1. The molecule has 4 N–H and O–H groups in total. The van der Waals surface area contributed by atoms with E-state index in [4.69, 9.17) is 21.0 Å². The summed E-state index contributed by atoms with van der Waals surface area (Å²) in [6.45, 7) is 0. The topological polar surface area (TPSA) is 133 Å². The van der Waals surface area contributed by atoms with E-state index < -0.39 is 11.6 Å². The van der Waals surface area contributed by atoms with Crippen LogP contribution < -0.4 is 5.73 Å². The van der Waals surface area contributed by atoms with Crippen molar-refractivity contribution < 1.29 is 15.0 Å². The van der Waals surface area contributed by atoms with Crippen molar-refractivity contribution in [1.29, 1.82) is 5.41 Å². The van der Waals surface area contributed by atoms with Gasteiger partial charge >= 0.3 is 5.97 Å². The summed E-state index contributed by atoms with van der Waals surface area (Å²) in [6.07, 6.45) is 3.83. The van der Waals surface area contributed by atoms with Crippen LogP contribution in [0, 0.1) is 5.41 Å². The molecule has 3 aromatic rings. The van der Waals surface area contributed by atoms with Gasteiger partial charge in [0.1, 0.15) is 16.2 Å². The second-order valence-corrected chi connectivity index (χ2v) is 8.37. The van der Waals surface area contributed by atoms with Crippen LogP contribution in [0.4, 0.5) is 5.13 Å². The summed E-state index contributed by atoms with van der Waals surface area (Å²) in [6, 6.07) is 8.03. The second-order valence-electron chi connectivity index (χ2n) is 5.72. The normalized spacial score (nSPS) is 14.6. The standard InChI is InChI=1S/C8H11N2OS.C7H5NS2.C2H3NO2/c9-7-10-6(5-12-7)8(11)3-1-2-4-8;9-7-8-5-3-1-2-4-6(5)10-7;3-1-2(4)5/h5H,1-4H2,(H2,9,10);1-4H,(H,8,9);1,3H,(H,4,5). The molecular weight excluding hydrogens is 404 g/mol. The van der Waals surface area contributed by atoms with Crippen molar-refractivity contribution in [3.8, 4) is 0 Å². The number of rotatable bonds is 2. The molecule has 1 radical (unpaired) electrons. The number of nitrogens with one attached hydrogen (secondary N) is 1. The van der Waals surface area contributed by atoms with Gasteiger partial charge in [-0.2, -0.15) is 0 Å². The van der Waals surface area contributed by atoms with Crippen molar-refractivity contribution >= 4 is 62.8 Å². The number of carboxylic acids is 1. The summed E-state index contributed by atoms with van der Waals surface area (Å²) in [5, 5.41) is 27.7. The van der Waals surface area contributed by atoms with Gasteiger partial charge in [-0.05, 0) is 37.8 Å². The van der Waals surface area contributed by atoms with Gasteiger partial charge in [-0.1, -0.05) is 12.1 Å². The molecule has 1 aromatic carbocycles. The molecule has 0 amide bonds. The van der Waals surface area contributed by atoms with Gasteiger partial charge in [-0.3, -0.25) is 0 Å². The lowest BCUT2D eigenvalue weighted by atomic mass is 9.99. The molecule has 0 spiro atoms. The molecule has 27 heavy (non-hydrogen) atoms. The Labute approximate surface area is 169 Å². The predicted octanol–water partition coefficient (Wildman–Crippen LogP) is 4.23. The Hall–Kier alpha value is -2.01. The van der Waals surface area contributed by atoms with Crippen LogP contribution in [0.25, 0.3) is 10.2 Å². The van der Waals surface area contributed by atoms with E-state index in [0.29, 0.717) is 17.0 Å². The van der Waals surface area contributed by atoms with Gasteiger partial charge < -0.3 is 16.2 Å². The maximum atomic E-state index is 12.0. The number of carboxylic acid groups (broad SMARTS) is 1. The summed E-state index contributed by atoms with van der Waals surface area (Å²) < 4.78 is 2.04. The molecular formula is C17H19N4O3S3. The van der Waals surface area contributed by atoms with Crippen LogP contribution in [0.1, 0.15) is 31.4 Å². The lowest BCUT2D eigenvalue weighted by molar-refractivity contribution is -0.128. The van der Waals surface area contributed by atoms with Crippen LogP contribution in [0.2, 0.25) is 0 Å². The number of hydrogen-bond acceptors (Lipinski definition) is 8. The number of nitrogens with two attached hydrogens (primary N) is 1. The van der Waals surface area contributed by atoms with Gasteiger partial charge in [0.2, 0.25) is 0 Å². The van der Waals surface area contributed by atoms with Crippen LogP contribution >= 0.6 is 35.3 Å². The fourth-order valence-corrected chi connectivity index (χ4v) is 4.32. The maximum absolute atomic E-state index is 12.0. The molecule has 143 valence electrons. The van der Waals surface area contributed by atoms with Crippen LogP contribution in [0.5, 0.6) is 0 Å². The monoisotopic (exact) mass is 423 g/mol. The van der Waals surface area contributed by atoms with E-state index in [0.717, 1.165) is 35.5 Å². The van der Waals surface area contributed by atoms with Crippen LogP contribution in [-0.4, -0.2) is 27.3 Å². The lowest BCUT2D eigenvalue weighted by Crippen LogP contribution is -2.19. The smallest absolute Gasteiger partial charge is 0.346 e. The Kier molecular flexibility index (Phi) is 7.72. The number of nitrogens with zero attached hydrogens (tertiary/aromatic N) is 2. The first-order chi connectivity index (χ1) is 12.8. The van der Waals surface area contributed by atoms with Gasteiger partial charge in [0.15, 0.2) is 5.13 Å². The minimum absolute atomic E-state index is 0.333. The molecule has 0 saturated heterocycles. The van der Waals surface area contributed by atoms with Crippen LogP contribution in [0.15, 0.2) is 34.0 Å². The number of thiazole rings is 2. The highest BCUT2D eigenvalue weighted by molar-refractivity contribution is 7.82. The molecule has 1 aliphatic carbocycles. The molecule has 0 atom stereocenters. The fourth-order valence-electron chi connectivity index (χ4n) is 2.56. The third kappa shape index (κ3) is 6.28. The molecule has 0 unspecified atom stereocenters. The number of fused-ring (bicyclic) bond motifs is 1. The SMILES string of the molecule is N=CC(=O)O.Nc1nc(C2([O])CCCC2)cs1.Sc1nc2ccccc2s1. The fraction of sp³-hybridized carbons (Fsp3) is 0.294. The van der Waals surface area contributed by atoms with Crippen molar-refractivity contribution in [2.45, 2.75) is 35.6 Å². The van der Waals surface area contributed by atoms with Crippen molar-refractivity contribution in [3.63, 3.8) is 0 Å². The second kappa shape index (κ2) is 9.79. The maximum Gasteiger partial charge on any atom is 0.346 e. The number of para-hydroxylation sites is 1. The zero-order valence-corrected chi connectivity index (χ0v) is 16.8. The summed E-state index contributed by atoms with van der Waals surface area (Å²) in [5.74, 6) is -1.20. The van der Waals surface area contributed by atoms with E-state index >= 15 is 0 Å². The molecule has 0 bridgehead atoms. The van der Waals surface area contributed by atoms with E-state index in [9.17, 15) is 5.11 Å². The number of hydrogen-bond donors (Lipinski definition) is 4. The zero-order chi connectivity index (χ0) is 19.9. The molecule has 1 aliphatic rings. The van der Waals surface area contributed by atoms with Crippen molar-refractivity contribution in [2.75, 3.05) is 5.73 Å². The van der Waals surface area contributed by atoms with Gasteiger partial charge in [0, 0.05) is 5.38 Å². The number of thiol groups is 1. The molecule has 0 aliphatic heterocycles. The molecule has 7 nitrogen and oxygen atoms in total. The number of benzene rings is 1. The van der Waals surface area contributed by atoms with E-state index in [2.05, 4.69) is 22.6 Å². The minimum Gasteiger partial charge on any atom is -0.477 e. The molecule has 10 heteroatoms. The Morgan fingerprint density at radius 1 is 1.30 bits per heavy atom. The van der Waals surface area contributed by atoms with Gasteiger partial charge in [0.05, 0.1) is 15.9 Å². The Balaban J connectivity index is 0.000000158. The quantitative estimate of drug-likeness (QED) is 0.361. The first-order valence-corrected chi connectivity index (χ1v) is 10.2. The first kappa shape index (κ1) is 21.3. The van der Waals surface area contributed by atoms with Gasteiger partial charge in [-0.15, -0.1) is 35.3 Å². The van der Waals surface area contributed by atoms with E-state index in [-0.39, 0.29) is 0 Å². The highest BCUT2D eigenvalue weighted by Crippen LogP contribution is 2.39. The lowest BCUT2D eigenvalue weighted by Gasteiger charge is -2.15. The highest BCUT2D eigenvalue weighted by atomic mass is 32.2. The largest absolute Gasteiger partial charge is 0.477 e. The van der Waals surface area contributed by atoms with Gasteiger partial charge in [0.25, 0.3) is 0 Å². The number of anilines is 1. The molecule has 2 aromatic heterocycles. The van der Waals surface area contributed by atoms with Gasteiger partial charge in [-0.25, -0.2) is 19.9 Å². The number of carbonyl (C=O) groups is 1. The minimum atomic E-state index is -1.20. The summed E-state index contributed by atoms with van der Waals surface area (Å²) in [5.41, 5.74) is 6.25. The molecule has 1 saturated carbocycles. The molecule has 2 heterocycles. The third-order valence-corrected chi connectivity index (χ3v) is 5.69. The van der Waals surface area contributed by atoms with Crippen LogP contribution in [0.3, 0.4) is 0 Å². The van der Waals surface area contributed by atoms with Crippen molar-refractivity contribution in [1.82, 2.24) is 9.97 Å². The summed E-state index contributed by atoms with van der Waals surface area (Å²) in [4.78, 5) is 17.4. The summed E-state index contributed by atoms with van der Waals surface area (Å²) >= 11 is 7.11. The Morgan fingerprint density at radius 2 is 1.93 bits per heavy atom. The van der Waals surface area contributed by atoms with Crippen LogP contribution in [-0.2, 0) is 15.5 Å². The summed E-state index contributed by atoms with van der Waals surface area (Å²) in [7, 11) is 0. The molecule has 1 fully saturated rings.